The number of anilines is 1. The van der Waals surface area contributed by atoms with Crippen molar-refractivity contribution < 1.29 is 0 Å². The lowest BCUT2D eigenvalue weighted by atomic mass is 10.1. The monoisotopic (exact) mass is 232 g/mol. The Morgan fingerprint density at radius 2 is 2.47 bits per heavy atom. The molecule has 0 aliphatic carbocycles. The van der Waals surface area contributed by atoms with Crippen molar-refractivity contribution in [2.24, 2.45) is 0 Å². The normalized spacial score (nSPS) is 20.6. The molecule has 3 rings (SSSR count). The molecule has 0 saturated carbocycles. The molecule has 3 heterocycles. The van der Waals surface area contributed by atoms with Crippen molar-refractivity contribution >= 4 is 11.5 Å². The highest BCUT2D eigenvalue weighted by atomic mass is 15.2. The van der Waals surface area contributed by atoms with E-state index in [4.69, 9.17) is 0 Å². The minimum atomic E-state index is 0.536. The van der Waals surface area contributed by atoms with Gasteiger partial charge in [-0.3, -0.25) is 4.40 Å². The fourth-order valence-corrected chi connectivity index (χ4v) is 2.20. The van der Waals surface area contributed by atoms with Crippen molar-refractivity contribution in [2.45, 2.75) is 25.3 Å². The Bertz CT molecular complexity index is 487. The summed E-state index contributed by atoms with van der Waals surface area (Å²) in [5.41, 5.74) is 0.781. The summed E-state index contributed by atoms with van der Waals surface area (Å²) in [6, 6.07) is 0.536. The first kappa shape index (κ1) is 10.5. The first-order valence-corrected chi connectivity index (χ1v) is 6.05. The first-order valence-electron chi connectivity index (χ1n) is 6.05. The molecule has 0 aromatic carbocycles. The van der Waals surface area contributed by atoms with Crippen molar-refractivity contribution in [3.05, 3.63) is 18.7 Å². The zero-order chi connectivity index (χ0) is 11.5. The van der Waals surface area contributed by atoms with Crippen LogP contribution in [0.3, 0.4) is 0 Å². The second-order valence-electron chi connectivity index (χ2n) is 4.37. The van der Waals surface area contributed by atoms with Crippen molar-refractivity contribution in [3.8, 4) is 0 Å². The zero-order valence-corrected chi connectivity index (χ0v) is 9.63. The highest BCUT2D eigenvalue weighted by molar-refractivity contribution is 5.61. The molecule has 2 aromatic rings. The van der Waals surface area contributed by atoms with E-state index in [1.807, 2.05) is 10.6 Å². The van der Waals surface area contributed by atoms with Crippen LogP contribution in [0.25, 0.3) is 5.65 Å². The summed E-state index contributed by atoms with van der Waals surface area (Å²) in [6.07, 6.45) is 9.10. The van der Waals surface area contributed by atoms with E-state index in [0.717, 1.165) is 24.6 Å². The topological polar surface area (TPSA) is 67.1 Å². The van der Waals surface area contributed by atoms with Gasteiger partial charge < -0.3 is 10.6 Å². The minimum Gasteiger partial charge on any atom is -0.365 e. The number of hydrogen-bond donors (Lipinski definition) is 2. The van der Waals surface area contributed by atoms with Crippen LogP contribution >= 0.6 is 0 Å². The molecule has 1 unspecified atom stereocenters. The van der Waals surface area contributed by atoms with E-state index >= 15 is 0 Å². The van der Waals surface area contributed by atoms with Crippen LogP contribution in [-0.4, -0.2) is 38.7 Å². The number of aromatic nitrogens is 4. The predicted molar refractivity (Wildman–Crippen MR) is 64.9 cm³/mol. The maximum atomic E-state index is 4.30. The van der Waals surface area contributed by atoms with Crippen LogP contribution in [0.1, 0.15) is 19.3 Å². The molecule has 1 atom stereocenters. The van der Waals surface area contributed by atoms with Crippen LogP contribution in [-0.2, 0) is 0 Å². The second kappa shape index (κ2) is 4.67. The molecule has 1 saturated heterocycles. The van der Waals surface area contributed by atoms with Gasteiger partial charge in [0.25, 0.3) is 0 Å². The number of nitrogens with zero attached hydrogens (tertiary/aromatic N) is 4. The van der Waals surface area contributed by atoms with E-state index in [1.54, 1.807) is 12.5 Å². The van der Waals surface area contributed by atoms with Crippen LogP contribution in [0.2, 0.25) is 0 Å². The molecule has 6 nitrogen and oxygen atoms in total. The summed E-state index contributed by atoms with van der Waals surface area (Å²) >= 11 is 0. The van der Waals surface area contributed by atoms with Crippen molar-refractivity contribution in [1.29, 1.82) is 0 Å². The Labute approximate surface area is 99.5 Å². The van der Waals surface area contributed by atoms with Crippen LogP contribution in [0.15, 0.2) is 18.7 Å². The van der Waals surface area contributed by atoms with Crippen LogP contribution in [0, 0.1) is 0 Å². The maximum absolute atomic E-state index is 4.30. The Kier molecular flexibility index (Phi) is 2.87. The average molecular weight is 232 g/mol. The Morgan fingerprint density at radius 1 is 1.47 bits per heavy atom. The van der Waals surface area contributed by atoms with Crippen LogP contribution in [0.4, 0.5) is 5.82 Å². The largest absolute Gasteiger partial charge is 0.365 e. The third-order valence-corrected chi connectivity index (χ3v) is 3.14. The zero-order valence-electron chi connectivity index (χ0n) is 9.63. The Morgan fingerprint density at radius 3 is 3.35 bits per heavy atom. The van der Waals surface area contributed by atoms with Gasteiger partial charge in [0, 0.05) is 25.0 Å². The summed E-state index contributed by atoms with van der Waals surface area (Å²) < 4.78 is 1.86. The number of hydrogen-bond acceptors (Lipinski definition) is 5. The van der Waals surface area contributed by atoms with E-state index in [1.165, 1.54) is 19.3 Å². The van der Waals surface area contributed by atoms with Gasteiger partial charge in [0.05, 0.1) is 0 Å². The van der Waals surface area contributed by atoms with Crippen molar-refractivity contribution in [3.63, 3.8) is 0 Å². The summed E-state index contributed by atoms with van der Waals surface area (Å²) in [6.45, 7) is 2.01. The van der Waals surface area contributed by atoms with E-state index in [-0.39, 0.29) is 0 Å². The summed E-state index contributed by atoms with van der Waals surface area (Å²) in [7, 11) is 0. The third kappa shape index (κ3) is 2.21. The molecule has 17 heavy (non-hydrogen) atoms. The van der Waals surface area contributed by atoms with Gasteiger partial charge in [0.15, 0.2) is 5.82 Å². The fourth-order valence-electron chi connectivity index (χ4n) is 2.20. The van der Waals surface area contributed by atoms with Crippen molar-refractivity contribution in [2.75, 3.05) is 18.4 Å². The molecule has 2 aromatic heterocycles. The Hall–Kier alpha value is -1.69. The summed E-state index contributed by atoms with van der Waals surface area (Å²) in [4.78, 5) is 4.30. The highest BCUT2D eigenvalue weighted by Crippen LogP contribution is 2.11. The molecule has 1 aliphatic rings. The molecule has 0 spiro atoms. The molecular weight excluding hydrogens is 216 g/mol. The molecule has 0 amide bonds. The van der Waals surface area contributed by atoms with Crippen LogP contribution < -0.4 is 10.6 Å². The standard InChI is InChI=1S/C11H16N6/c1-2-4-12-9(3-1)7-14-10-11-16-15-8-17(11)6-5-13-10/h5-6,8-9,12H,1-4,7H2,(H,13,14). The van der Waals surface area contributed by atoms with Gasteiger partial charge in [0.1, 0.15) is 6.33 Å². The lowest BCUT2D eigenvalue weighted by Gasteiger charge is -2.23. The second-order valence-corrected chi connectivity index (χ2v) is 4.37. The molecule has 0 radical (unpaired) electrons. The predicted octanol–water partition coefficient (Wildman–Crippen LogP) is 0.678. The number of nitrogens with one attached hydrogen (secondary N) is 2. The molecule has 90 valence electrons. The van der Waals surface area contributed by atoms with E-state index in [9.17, 15) is 0 Å². The Balaban J connectivity index is 1.69. The van der Waals surface area contributed by atoms with E-state index in [2.05, 4.69) is 25.8 Å². The molecule has 1 fully saturated rings. The van der Waals surface area contributed by atoms with Crippen LogP contribution in [0.5, 0.6) is 0 Å². The first-order chi connectivity index (χ1) is 8.43. The molecule has 0 bridgehead atoms. The number of rotatable bonds is 3. The van der Waals surface area contributed by atoms with E-state index in [0.29, 0.717) is 6.04 Å². The van der Waals surface area contributed by atoms with Gasteiger partial charge in [-0.15, -0.1) is 10.2 Å². The maximum Gasteiger partial charge on any atom is 0.203 e. The fraction of sp³-hybridized carbons (Fsp3) is 0.545. The van der Waals surface area contributed by atoms with Gasteiger partial charge in [-0.2, -0.15) is 0 Å². The smallest absolute Gasteiger partial charge is 0.203 e. The van der Waals surface area contributed by atoms with E-state index < -0.39 is 0 Å². The number of fused-ring (bicyclic) bond motifs is 1. The lowest BCUT2D eigenvalue weighted by Crippen LogP contribution is -2.39. The number of piperidine rings is 1. The third-order valence-electron chi connectivity index (χ3n) is 3.14. The molecule has 1 aliphatic heterocycles. The SMILES string of the molecule is c1cn2cnnc2c(NCC2CCCCN2)n1. The molecular formula is C11H16N6. The summed E-state index contributed by atoms with van der Waals surface area (Å²) in [5.74, 6) is 0.803. The average Bonchev–Trinajstić information content (AvgIpc) is 2.86. The van der Waals surface area contributed by atoms with Gasteiger partial charge in [-0.05, 0) is 19.4 Å². The minimum absolute atomic E-state index is 0.536. The van der Waals surface area contributed by atoms with Gasteiger partial charge in [-0.1, -0.05) is 6.42 Å². The highest BCUT2D eigenvalue weighted by Gasteiger charge is 2.13. The van der Waals surface area contributed by atoms with Gasteiger partial charge in [-0.25, -0.2) is 4.98 Å². The quantitative estimate of drug-likeness (QED) is 0.814. The molecule has 2 N–H and O–H groups in total. The summed E-state index contributed by atoms with van der Waals surface area (Å²) in [5, 5.41) is 14.8. The van der Waals surface area contributed by atoms with Crippen molar-refractivity contribution in [1.82, 2.24) is 24.9 Å². The van der Waals surface area contributed by atoms with Gasteiger partial charge in [0.2, 0.25) is 5.65 Å². The van der Waals surface area contributed by atoms with Gasteiger partial charge >= 0.3 is 0 Å². The molecule has 6 heteroatoms. The lowest BCUT2D eigenvalue weighted by molar-refractivity contribution is 0.414.